The zero-order valence-corrected chi connectivity index (χ0v) is 7.92. The van der Waals surface area contributed by atoms with Crippen LogP contribution in [0.4, 0.5) is 0 Å². The maximum atomic E-state index is 11.1. The standard InChI is InChI=1S/C9H16N2O/c1-5-6-11(4)7-8(2)9(12)10-3/h1,8H,6-7H2,2-4H3,(H,10,12). The topological polar surface area (TPSA) is 32.3 Å². The van der Waals surface area contributed by atoms with Gasteiger partial charge in [0.2, 0.25) is 5.91 Å². The number of carbonyl (C=O) groups is 1. The molecule has 0 rings (SSSR count). The summed E-state index contributed by atoms with van der Waals surface area (Å²) < 4.78 is 0. The Kier molecular flexibility index (Phi) is 5.14. The molecule has 3 nitrogen and oxygen atoms in total. The van der Waals surface area contributed by atoms with Gasteiger partial charge in [-0.1, -0.05) is 12.8 Å². The lowest BCUT2D eigenvalue weighted by Crippen LogP contribution is -2.34. The van der Waals surface area contributed by atoms with Crippen molar-refractivity contribution < 1.29 is 4.79 Å². The molecule has 1 amide bonds. The summed E-state index contributed by atoms with van der Waals surface area (Å²) in [6.45, 7) is 3.16. The van der Waals surface area contributed by atoms with Crippen molar-refractivity contribution in [2.75, 3.05) is 27.2 Å². The summed E-state index contributed by atoms with van der Waals surface area (Å²) in [6.07, 6.45) is 5.12. The molecule has 1 atom stereocenters. The average molecular weight is 168 g/mol. The first-order chi connectivity index (χ1) is 5.61. The third-order valence-corrected chi connectivity index (χ3v) is 1.64. The molecule has 0 fully saturated rings. The largest absolute Gasteiger partial charge is 0.359 e. The molecule has 0 heterocycles. The van der Waals surface area contributed by atoms with E-state index >= 15 is 0 Å². The highest BCUT2D eigenvalue weighted by Gasteiger charge is 2.12. The van der Waals surface area contributed by atoms with Gasteiger partial charge in [-0.2, -0.15) is 0 Å². The van der Waals surface area contributed by atoms with Crippen molar-refractivity contribution in [2.24, 2.45) is 5.92 Å². The molecule has 0 aliphatic heterocycles. The number of carbonyl (C=O) groups excluding carboxylic acids is 1. The summed E-state index contributed by atoms with van der Waals surface area (Å²) in [4.78, 5) is 13.0. The molecule has 0 aliphatic carbocycles. The van der Waals surface area contributed by atoms with Gasteiger partial charge < -0.3 is 5.32 Å². The molecule has 0 aromatic carbocycles. The third-order valence-electron chi connectivity index (χ3n) is 1.64. The Bertz CT molecular complexity index is 183. The molecule has 0 saturated carbocycles. The molecule has 0 aromatic rings. The maximum Gasteiger partial charge on any atom is 0.223 e. The zero-order valence-electron chi connectivity index (χ0n) is 7.92. The van der Waals surface area contributed by atoms with Crippen LogP contribution in [0.15, 0.2) is 0 Å². The van der Waals surface area contributed by atoms with E-state index in [0.29, 0.717) is 13.1 Å². The van der Waals surface area contributed by atoms with Crippen LogP contribution >= 0.6 is 0 Å². The fourth-order valence-corrected chi connectivity index (χ4v) is 1.02. The summed E-state index contributed by atoms with van der Waals surface area (Å²) in [7, 11) is 3.54. The van der Waals surface area contributed by atoms with Gasteiger partial charge >= 0.3 is 0 Å². The van der Waals surface area contributed by atoms with E-state index in [1.807, 2.05) is 18.9 Å². The van der Waals surface area contributed by atoms with Crippen molar-refractivity contribution in [3.8, 4) is 12.3 Å². The maximum absolute atomic E-state index is 11.1. The molecule has 0 saturated heterocycles. The second kappa shape index (κ2) is 5.62. The van der Waals surface area contributed by atoms with Crippen LogP contribution in [0.25, 0.3) is 0 Å². The molecule has 0 spiro atoms. The van der Waals surface area contributed by atoms with E-state index in [1.54, 1.807) is 7.05 Å². The summed E-state index contributed by atoms with van der Waals surface area (Å²) in [5.41, 5.74) is 0. The van der Waals surface area contributed by atoms with Gasteiger partial charge in [0, 0.05) is 19.5 Å². The molecule has 0 aliphatic rings. The molecule has 0 aromatic heterocycles. The Hall–Kier alpha value is -1.01. The van der Waals surface area contributed by atoms with Crippen LogP contribution in [-0.2, 0) is 4.79 Å². The molecule has 1 N–H and O–H groups in total. The minimum Gasteiger partial charge on any atom is -0.359 e. The Morgan fingerprint density at radius 3 is 2.75 bits per heavy atom. The molecule has 0 radical (unpaired) electrons. The molecular formula is C9H16N2O. The third kappa shape index (κ3) is 3.99. The summed E-state index contributed by atoms with van der Waals surface area (Å²) >= 11 is 0. The normalized spacial score (nSPS) is 12.2. The lowest BCUT2D eigenvalue weighted by atomic mass is 10.1. The van der Waals surface area contributed by atoms with Gasteiger partial charge in [-0.15, -0.1) is 6.42 Å². The van der Waals surface area contributed by atoms with E-state index in [1.165, 1.54) is 0 Å². The number of hydrogen-bond acceptors (Lipinski definition) is 2. The molecule has 1 unspecified atom stereocenters. The van der Waals surface area contributed by atoms with Crippen molar-refractivity contribution in [1.82, 2.24) is 10.2 Å². The van der Waals surface area contributed by atoms with Crippen LogP contribution < -0.4 is 5.32 Å². The molecular weight excluding hydrogens is 152 g/mol. The Morgan fingerprint density at radius 2 is 2.33 bits per heavy atom. The lowest BCUT2D eigenvalue weighted by molar-refractivity contribution is -0.124. The SMILES string of the molecule is C#CCN(C)CC(C)C(=O)NC. The number of hydrogen-bond donors (Lipinski definition) is 1. The first-order valence-corrected chi connectivity index (χ1v) is 3.95. The van der Waals surface area contributed by atoms with Crippen molar-refractivity contribution in [2.45, 2.75) is 6.92 Å². The van der Waals surface area contributed by atoms with Gasteiger partial charge in [0.25, 0.3) is 0 Å². The van der Waals surface area contributed by atoms with E-state index in [9.17, 15) is 4.79 Å². The smallest absolute Gasteiger partial charge is 0.223 e. The van der Waals surface area contributed by atoms with Crippen LogP contribution in [0.3, 0.4) is 0 Å². The number of rotatable bonds is 4. The Morgan fingerprint density at radius 1 is 1.75 bits per heavy atom. The minimum atomic E-state index is -0.00616. The molecule has 0 bridgehead atoms. The van der Waals surface area contributed by atoms with Crippen molar-refractivity contribution in [3.63, 3.8) is 0 Å². The van der Waals surface area contributed by atoms with Crippen LogP contribution in [0, 0.1) is 18.3 Å². The van der Waals surface area contributed by atoms with Crippen LogP contribution in [0.1, 0.15) is 6.92 Å². The number of nitrogens with one attached hydrogen (secondary N) is 1. The van der Waals surface area contributed by atoms with Gasteiger partial charge in [-0.05, 0) is 7.05 Å². The van der Waals surface area contributed by atoms with Crippen LogP contribution in [-0.4, -0.2) is 38.0 Å². The Balaban J connectivity index is 3.76. The average Bonchev–Trinajstić information content (AvgIpc) is 2.03. The summed E-state index contributed by atoms with van der Waals surface area (Å²) in [6, 6.07) is 0. The summed E-state index contributed by atoms with van der Waals surface area (Å²) in [5, 5.41) is 2.59. The monoisotopic (exact) mass is 168 g/mol. The summed E-state index contributed by atoms with van der Waals surface area (Å²) in [5.74, 6) is 2.57. The van der Waals surface area contributed by atoms with Crippen molar-refractivity contribution >= 4 is 5.91 Å². The van der Waals surface area contributed by atoms with Crippen LogP contribution in [0.5, 0.6) is 0 Å². The predicted molar refractivity (Wildman–Crippen MR) is 49.6 cm³/mol. The zero-order chi connectivity index (χ0) is 9.56. The number of terminal acetylenes is 1. The minimum absolute atomic E-state index is 0.00616. The van der Waals surface area contributed by atoms with Crippen molar-refractivity contribution in [1.29, 1.82) is 0 Å². The quantitative estimate of drug-likeness (QED) is 0.596. The van der Waals surface area contributed by atoms with E-state index < -0.39 is 0 Å². The van der Waals surface area contributed by atoms with Gasteiger partial charge in [0.15, 0.2) is 0 Å². The molecule has 68 valence electrons. The predicted octanol–water partition coefficient (Wildman–Crippen LogP) is -0.0665. The van der Waals surface area contributed by atoms with E-state index in [-0.39, 0.29) is 11.8 Å². The fraction of sp³-hybridized carbons (Fsp3) is 0.667. The molecule has 3 heteroatoms. The van der Waals surface area contributed by atoms with Gasteiger partial charge in [0.05, 0.1) is 6.54 Å². The first-order valence-electron chi connectivity index (χ1n) is 3.95. The Labute approximate surface area is 74.1 Å². The van der Waals surface area contributed by atoms with E-state index in [0.717, 1.165) is 0 Å². The molecule has 12 heavy (non-hydrogen) atoms. The van der Waals surface area contributed by atoms with Gasteiger partial charge in [-0.3, -0.25) is 9.69 Å². The highest BCUT2D eigenvalue weighted by Crippen LogP contribution is 1.96. The fourth-order valence-electron chi connectivity index (χ4n) is 1.02. The van der Waals surface area contributed by atoms with Gasteiger partial charge in [0.1, 0.15) is 0 Å². The first kappa shape index (κ1) is 11.0. The second-order valence-corrected chi connectivity index (χ2v) is 2.92. The number of amides is 1. The second-order valence-electron chi connectivity index (χ2n) is 2.92. The lowest BCUT2D eigenvalue weighted by Gasteiger charge is -2.17. The van der Waals surface area contributed by atoms with E-state index in [4.69, 9.17) is 6.42 Å². The van der Waals surface area contributed by atoms with Gasteiger partial charge in [-0.25, -0.2) is 0 Å². The number of nitrogens with zero attached hydrogens (tertiary/aromatic N) is 1. The van der Waals surface area contributed by atoms with Crippen LogP contribution in [0.2, 0.25) is 0 Å². The highest BCUT2D eigenvalue weighted by atomic mass is 16.1. The van der Waals surface area contributed by atoms with E-state index in [2.05, 4.69) is 11.2 Å². The highest BCUT2D eigenvalue weighted by molar-refractivity contribution is 5.78. The van der Waals surface area contributed by atoms with Crippen molar-refractivity contribution in [3.05, 3.63) is 0 Å².